The Bertz CT molecular complexity index is 477. The zero-order valence-electron chi connectivity index (χ0n) is 20.9. The summed E-state index contributed by atoms with van der Waals surface area (Å²) < 4.78 is 5.89. The molecule has 0 saturated carbocycles. The molecule has 0 amide bonds. The molecule has 0 aliphatic carbocycles. The quantitative estimate of drug-likeness (QED) is 0.171. The minimum atomic E-state index is 0. The lowest BCUT2D eigenvalue weighted by molar-refractivity contribution is 0.208. The van der Waals surface area contributed by atoms with Gasteiger partial charge < -0.3 is 10.1 Å². The van der Waals surface area contributed by atoms with E-state index < -0.39 is 0 Å². The second-order valence-corrected chi connectivity index (χ2v) is 9.72. The van der Waals surface area contributed by atoms with Crippen molar-refractivity contribution in [2.45, 2.75) is 129 Å². The third-order valence-corrected chi connectivity index (χ3v) is 5.98. The van der Waals surface area contributed by atoms with Crippen LogP contribution in [-0.4, -0.2) is 18.7 Å². The highest BCUT2D eigenvalue weighted by Gasteiger charge is 2.17. The number of ether oxygens (including phenoxy) is 1. The Hall–Kier alpha value is -0.540. The summed E-state index contributed by atoms with van der Waals surface area (Å²) in [5, 5.41) is 3.65. The van der Waals surface area contributed by atoms with Gasteiger partial charge in [-0.25, -0.2) is 0 Å². The Balaban J connectivity index is 0.00000900. The maximum absolute atomic E-state index is 5.89. The highest BCUT2D eigenvalue weighted by atomic mass is 79.9. The zero-order valence-corrected chi connectivity index (χ0v) is 22.6. The zero-order chi connectivity index (χ0) is 21.8. The van der Waals surface area contributed by atoms with Crippen LogP contribution in [-0.2, 0) is 0 Å². The summed E-state index contributed by atoms with van der Waals surface area (Å²) in [5.74, 6) is 0.954. The molecule has 1 aromatic rings. The Morgan fingerprint density at radius 1 is 0.645 bits per heavy atom. The summed E-state index contributed by atoms with van der Waals surface area (Å²) in [5.41, 5.74) is 0.0192. The van der Waals surface area contributed by atoms with Crippen LogP contribution in [0.25, 0.3) is 0 Å². The van der Waals surface area contributed by atoms with Gasteiger partial charge in [0.25, 0.3) is 0 Å². The predicted molar refractivity (Wildman–Crippen MR) is 144 cm³/mol. The Labute approximate surface area is 205 Å². The molecule has 0 radical (unpaired) electrons. The molecule has 1 rings (SSSR count). The molecule has 0 aromatic heterocycles. The van der Waals surface area contributed by atoms with Gasteiger partial charge in [0.1, 0.15) is 12.4 Å². The number of benzene rings is 1. The number of hydrogen-bond donors (Lipinski definition) is 1. The van der Waals surface area contributed by atoms with Crippen molar-refractivity contribution in [3.05, 3.63) is 30.3 Å². The van der Waals surface area contributed by atoms with Crippen LogP contribution in [0.4, 0.5) is 0 Å². The minimum absolute atomic E-state index is 0. The maximum atomic E-state index is 5.89. The number of rotatable bonds is 21. The van der Waals surface area contributed by atoms with E-state index in [-0.39, 0.29) is 22.5 Å². The van der Waals surface area contributed by atoms with Crippen LogP contribution in [0, 0.1) is 0 Å². The average Bonchev–Trinajstić information content (AvgIpc) is 2.75. The molecule has 0 spiro atoms. The maximum Gasteiger partial charge on any atom is 0.119 e. The van der Waals surface area contributed by atoms with Gasteiger partial charge in [-0.15, -0.1) is 17.0 Å². The fourth-order valence-corrected chi connectivity index (χ4v) is 3.93. The van der Waals surface area contributed by atoms with Gasteiger partial charge in [0.2, 0.25) is 0 Å². The molecular formula is C28H52BrNO. The molecule has 0 heterocycles. The molecule has 0 unspecified atom stereocenters. The Morgan fingerprint density at radius 2 is 1.06 bits per heavy atom. The SMILES string of the molecule is Br.CCCCCCCCCCCCCCCCCCNC(C)(C)COc1ccccc1. The minimum Gasteiger partial charge on any atom is -0.492 e. The van der Waals surface area contributed by atoms with Crippen molar-refractivity contribution in [3.8, 4) is 5.75 Å². The lowest BCUT2D eigenvalue weighted by Gasteiger charge is -2.26. The molecule has 182 valence electrons. The van der Waals surface area contributed by atoms with E-state index >= 15 is 0 Å². The van der Waals surface area contributed by atoms with E-state index in [1.807, 2.05) is 30.3 Å². The van der Waals surface area contributed by atoms with E-state index in [0.717, 1.165) is 12.3 Å². The van der Waals surface area contributed by atoms with E-state index in [4.69, 9.17) is 4.74 Å². The van der Waals surface area contributed by atoms with E-state index in [1.165, 1.54) is 103 Å². The van der Waals surface area contributed by atoms with Crippen molar-refractivity contribution in [2.75, 3.05) is 13.2 Å². The van der Waals surface area contributed by atoms with Crippen molar-refractivity contribution in [2.24, 2.45) is 0 Å². The molecule has 31 heavy (non-hydrogen) atoms. The summed E-state index contributed by atoms with van der Waals surface area (Å²) in [7, 11) is 0. The Kier molecular flexibility index (Phi) is 20.9. The molecule has 1 N–H and O–H groups in total. The third-order valence-electron chi connectivity index (χ3n) is 5.98. The number of unbranched alkanes of at least 4 members (excludes halogenated alkanes) is 15. The highest BCUT2D eigenvalue weighted by Crippen LogP contribution is 2.14. The monoisotopic (exact) mass is 497 g/mol. The topological polar surface area (TPSA) is 21.3 Å². The van der Waals surface area contributed by atoms with Crippen molar-refractivity contribution < 1.29 is 4.74 Å². The summed E-state index contributed by atoms with van der Waals surface area (Å²) in [6.45, 7) is 8.53. The number of nitrogens with one attached hydrogen (secondary N) is 1. The molecule has 0 saturated heterocycles. The summed E-state index contributed by atoms with van der Waals surface area (Å²) >= 11 is 0. The molecule has 1 aromatic carbocycles. The first-order chi connectivity index (χ1) is 14.6. The second-order valence-electron chi connectivity index (χ2n) is 9.72. The lowest BCUT2D eigenvalue weighted by Crippen LogP contribution is -2.45. The molecular weight excluding hydrogens is 446 g/mol. The van der Waals surface area contributed by atoms with Gasteiger partial charge in [0.05, 0.1) is 0 Å². The summed E-state index contributed by atoms with van der Waals surface area (Å²) in [6.07, 6.45) is 22.8. The van der Waals surface area contributed by atoms with E-state index in [9.17, 15) is 0 Å². The normalized spacial score (nSPS) is 11.3. The summed E-state index contributed by atoms with van der Waals surface area (Å²) in [6, 6.07) is 10.1. The number of para-hydroxylation sites is 1. The van der Waals surface area contributed by atoms with E-state index in [0.29, 0.717) is 6.61 Å². The van der Waals surface area contributed by atoms with Crippen LogP contribution < -0.4 is 10.1 Å². The van der Waals surface area contributed by atoms with Crippen molar-refractivity contribution in [3.63, 3.8) is 0 Å². The number of hydrogen-bond acceptors (Lipinski definition) is 2. The third kappa shape index (κ3) is 19.8. The van der Waals surface area contributed by atoms with E-state index in [1.54, 1.807) is 0 Å². The van der Waals surface area contributed by atoms with Gasteiger partial charge in [-0.1, -0.05) is 121 Å². The van der Waals surface area contributed by atoms with Crippen LogP contribution >= 0.6 is 17.0 Å². The lowest BCUT2D eigenvalue weighted by atomic mass is 10.0. The van der Waals surface area contributed by atoms with Crippen LogP contribution in [0.3, 0.4) is 0 Å². The summed E-state index contributed by atoms with van der Waals surface area (Å²) in [4.78, 5) is 0. The van der Waals surface area contributed by atoms with Gasteiger partial charge in [0.15, 0.2) is 0 Å². The van der Waals surface area contributed by atoms with Gasteiger partial charge in [-0.3, -0.25) is 0 Å². The smallest absolute Gasteiger partial charge is 0.119 e. The van der Waals surface area contributed by atoms with Crippen molar-refractivity contribution in [1.82, 2.24) is 5.32 Å². The molecule has 2 nitrogen and oxygen atoms in total. The molecule has 0 bridgehead atoms. The standard InChI is InChI=1S/C28H51NO.BrH/c1-4-5-6-7-8-9-10-11-12-13-14-15-16-17-18-22-25-29-28(2,3)26-30-27-23-20-19-21-24-27;/h19-21,23-24,29H,4-18,22,25-26H2,1-3H3;1H. The highest BCUT2D eigenvalue weighted by molar-refractivity contribution is 8.93. The van der Waals surface area contributed by atoms with Crippen LogP contribution in [0.1, 0.15) is 124 Å². The van der Waals surface area contributed by atoms with E-state index in [2.05, 4.69) is 26.1 Å². The second kappa shape index (κ2) is 21.3. The van der Waals surface area contributed by atoms with Crippen LogP contribution in [0.15, 0.2) is 30.3 Å². The van der Waals surface area contributed by atoms with Gasteiger partial charge >= 0.3 is 0 Å². The predicted octanol–water partition coefficient (Wildman–Crippen LogP) is 9.27. The van der Waals surface area contributed by atoms with Crippen LogP contribution in [0.5, 0.6) is 5.75 Å². The van der Waals surface area contributed by atoms with Crippen molar-refractivity contribution >= 4 is 17.0 Å². The van der Waals surface area contributed by atoms with Crippen molar-refractivity contribution in [1.29, 1.82) is 0 Å². The van der Waals surface area contributed by atoms with Crippen LogP contribution in [0.2, 0.25) is 0 Å². The first-order valence-corrected chi connectivity index (χ1v) is 13.1. The number of halogens is 1. The molecule has 0 aliphatic rings. The first kappa shape index (κ1) is 30.5. The molecule has 0 fully saturated rings. The fraction of sp³-hybridized carbons (Fsp3) is 0.786. The molecule has 0 atom stereocenters. The molecule has 3 heteroatoms. The average molecular weight is 499 g/mol. The Morgan fingerprint density at radius 3 is 1.52 bits per heavy atom. The largest absolute Gasteiger partial charge is 0.492 e. The first-order valence-electron chi connectivity index (χ1n) is 13.1. The van der Waals surface area contributed by atoms with Gasteiger partial charge in [0, 0.05) is 5.54 Å². The fourth-order valence-electron chi connectivity index (χ4n) is 3.93. The van der Waals surface area contributed by atoms with Gasteiger partial charge in [-0.05, 0) is 38.9 Å². The molecule has 0 aliphatic heterocycles. The van der Waals surface area contributed by atoms with Gasteiger partial charge in [-0.2, -0.15) is 0 Å².